The van der Waals surface area contributed by atoms with Gasteiger partial charge in [-0.25, -0.2) is 18.1 Å². The summed E-state index contributed by atoms with van der Waals surface area (Å²) < 4.78 is 26.1. The molecule has 1 aromatic heterocycles. The molecule has 2 N–H and O–H groups in total. The number of nitrogens with zero attached hydrogens (tertiary/aromatic N) is 1. The number of pyridine rings is 1. The van der Waals surface area contributed by atoms with Crippen molar-refractivity contribution in [1.29, 1.82) is 0 Å². The van der Waals surface area contributed by atoms with Gasteiger partial charge in [0.2, 0.25) is 10.0 Å². The minimum atomic E-state index is -3.63. The summed E-state index contributed by atoms with van der Waals surface area (Å²) in [6.07, 6.45) is 3.52. The molecule has 5 nitrogen and oxygen atoms in total. The maximum Gasteiger partial charge on any atom is 0.240 e. The van der Waals surface area contributed by atoms with Gasteiger partial charge < -0.3 is 5.11 Å². The van der Waals surface area contributed by atoms with E-state index < -0.39 is 15.6 Å². The van der Waals surface area contributed by atoms with Gasteiger partial charge in [-0.3, -0.25) is 0 Å². The van der Waals surface area contributed by atoms with Crippen LogP contribution in [0, 0.1) is 0 Å². The Labute approximate surface area is 105 Å². The first-order chi connectivity index (χ1) is 7.91. The molecule has 0 atom stereocenters. The summed E-state index contributed by atoms with van der Waals surface area (Å²) in [5.41, 5.74) is -0.885. The van der Waals surface area contributed by atoms with Gasteiger partial charge in [0.1, 0.15) is 5.15 Å². The van der Waals surface area contributed by atoms with Crippen molar-refractivity contribution < 1.29 is 13.5 Å². The van der Waals surface area contributed by atoms with Gasteiger partial charge in [0.15, 0.2) is 0 Å². The maximum atomic E-state index is 11.9. The van der Waals surface area contributed by atoms with Crippen LogP contribution in [0.15, 0.2) is 23.2 Å². The predicted octanol–water partition coefficient (Wildman–Crippen LogP) is 0.928. The zero-order valence-corrected chi connectivity index (χ0v) is 10.6. The van der Waals surface area contributed by atoms with Crippen LogP contribution in [0.5, 0.6) is 0 Å². The number of rotatable bonds is 4. The lowest BCUT2D eigenvalue weighted by molar-refractivity contribution is -0.0270. The summed E-state index contributed by atoms with van der Waals surface area (Å²) in [6, 6.07) is 2.63. The summed E-state index contributed by atoms with van der Waals surface area (Å²) in [4.78, 5) is 3.77. The molecule has 0 amide bonds. The molecule has 0 radical (unpaired) electrons. The molecule has 0 spiro atoms. The molecule has 17 heavy (non-hydrogen) atoms. The third kappa shape index (κ3) is 2.95. The Hall–Kier alpha value is -0.690. The third-order valence-corrected chi connectivity index (χ3v) is 4.49. The highest BCUT2D eigenvalue weighted by Crippen LogP contribution is 2.31. The molecule has 0 aromatic carbocycles. The Morgan fingerprint density at radius 2 is 2.24 bits per heavy atom. The number of hydrogen-bond acceptors (Lipinski definition) is 4. The van der Waals surface area contributed by atoms with Gasteiger partial charge in [-0.1, -0.05) is 11.6 Å². The van der Waals surface area contributed by atoms with Crippen molar-refractivity contribution in [3.05, 3.63) is 23.5 Å². The Morgan fingerprint density at radius 3 is 2.76 bits per heavy atom. The number of nitrogens with one attached hydrogen (secondary N) is 1. The second-order valence-electron chi connectivity index (χ2n) is 4.22. The van der Waals surface area contributed by atoms with Gasteiger partial charge in [0.05, 0.1) is 10.5 Å². The van der Waals surface area contributed by atoms with Gasteiger partial charge in [-0.05, 0) is 31.4 Å². The zero-order chi connectivity index (χ0) is 12.5. The number of hydrogen-bond donors (Lipinski definition) is 2. The van der Waals surface area contributed by atoms with Crippen LogP contribution < -0.4 is 4.72 Å². The highest BCUT2D eigenvalue weighted by molar-refractivity contribution is 7.89. The molecule has 1 aliphatic rings. The van der Waals surface area contributed by atoms with Gasteiger partial charge in [0.25, 0.3) is 0 Å². The number of aliphatic hydroxyl groups is 1. The molecule has 1 aromatic rings. The molecular weight excluding hydrogens is 264 g/mol. The van der Waals surface area contributed by atoms with E-state index in [9.17, 15) is 13.5 Å². The van der Waals surface area contributed by atoms with Crippen LogP contribution >= 0.6 is 11.6 Å². The second-order valence-corrected chi connectivity index (χ2v) is 6.37. The first-order valence-corrected chi connectivity index (χ1v) is 7.11. The quantitative estimate of drug-likeness (QED) is 0.802. The number of sulfonamides is 1. The molecule has 0 bridgehead atoms. The molecule has 94 valence electrons. The van der Waals surface area contributed by atoms with Crippen molar-refractivity contribution >= 4 is 21.6 Å². The first kappa shape index (κ1) is 12.8. The van der Waals surface area contributed by atoms with E-state index in [1.165, 1.54) is 18.3 Å². The Bertz CT molecular complexity index is 514. The number of aromatic nitrogens is 1. The Morgan fingerprint density at radius 1 is 1.53 bits per heavy atom. The van der Waals surface area contributed by atoms with Crippen LogP contribution in [-0.4, -0.2) is 30.7 Å². The average Bonchev–Trinajstić information content (AvgIpc) is 2.24. The fourth-order valence-corrected chi connectivity index (χ4v) is 3.00. The van der Waals surface area contributed by atoms with Gasteiger partial charge >= 0.3 is 0 Å². The smallest absolute Gasteiger partial charge is 0.240 e. The van der Waals surface area contributed by atoms with Crippen molar-refractivity contribution in [2.75, 3.05) is 6.54 Å². The summed E-state index contributed by atoms with van der Waals surface area (Å²) >= 11 is 5.63. The van der Waals surface area contributed by atoms with Crippen LogP contribution in [-0.2, 0) is 10.0 Å². The molecular formula is C10H13ClN2O3S. The van der Waals surface area contributed by atoms with E-state index in [0.717, 1.165) is 6.42 Å². The number of halogens is 1. The SMILES string of the molecule is O=S(=O)(NCC1(O)CCC1)c1ccnc(Cl)c1. The zero-order valence-electron chi connectivity index (χ0n) is 9.06. The lowest BCUT2D eigenvalue weighted by Crippen LogP contribution is -2.47. The molecule has 1 aliphatic carbocycles. The lowest BCUT2D eigenvalue weighted by Gasteiger charge is -2.36. The molecule has 0 unspecified atom stereocenters. The summed E-state index contributed by atoms with van der Waals surface area (Å²) in [7, 11) is -3.63. The monoisotopic (exact) mass is 276 g/mol. The van der Waals surface area contributed by atoms with E-state index in [-0.39, 0.29) is 16.6 Å². The Kier molecular flexibility index (Phi) is 3.40. The highest BCUT2D eigenvalue weighted by Gasteiger charge is 2.35. The van der Waals surface area contributed by atoms with Crippen LogP contribution in [0.1, 0.15) is 19.3 Å². The molecule has 1 fully saturated rings. The molecule has 0 saturated heterocycles. The minimum Gasteiger partial charge on any atom is -0.389 e. The van der Waals surface area contributed by atoms with Crippen molar-refractivity contribution in [2.45, 2.75) is 29.8 Å². The predicted molar refractivity (Wildman–Crippen MR) is 63.2 cm³/mol. The van der Waals surface area contributed by atoms with Crippen molar-refractivity contribution in [3.63, 3.8) is 0 Å². The largest absolute Gasteiger partial charge is 0.389 e. The molecule has 0 aliphatic heterocycles. The van der Waals surface area contributed by atoms with E-state index in [0.29, 0.717) is 12.8 Å². The molecule has 7 heteroatoms. The fourth-order valence-electron chi connectivity index (χ4n) is 1.63. The first-order valence-electron chi connectivity index (χ1n) is 5.25. The Balaban J connectivity index is 2.08. The summed E-state index contributed by atoms with van der Waals surface area (Å²) in [5, 5.41) is 9.93. The summed E-state index contributed by atoms with van der Waals surface area (Å²) in [6.45, 7) is 0.0370. The third-order valence-electron chi connectivity index (χ3n) is 2.88. The fraction of sp³-hybridized carbons (Fsp3) is 0.500. The second kappa shape index (κ2) is 4.53. The molecule has 1 heterocycles. The van der Waals surface area contributed by atoms with Crippen LogP contribution in [0.2, 0.25) is 5.15 Å². The van der Waals surface area contributed by atoms with Crippen molar-refractivity contribution in [1.82, 2.24) is 9.71 Å². The van der Waals surface area contributed by atoms with E-state index >= 15 is 0 Å². The topological polar surface area (TPSA) is 79.3 Å². The van der Waals surface area contributed by atoms with Gasteiger partial charge in [0, 0.05) is 12.7 Å². The van der Waals surface area contributed by atoms with Gasteiger partial charge in [-0.2, -0.15) is 0 Å². The summed E-state index contributed by atoms with van der Waals surface area (Å²) in [5.74, 6) is 0. The van der Waals surface area contributed by atoms with Crippen LogP contribution in [0.3, 0.4) is 0 Å². The van der Waals surface area contributed by atoms with E-state index in [1.807, 2.05) is 0 Å². The van der Waals surface area contributed by atoms with Crippen LogP contribution in [0.4, 0.5) is 0 Å². The lowest BCUT2D eigenvalue weighted by atomic mass is 9.81. The standard InChI is InChI=1S/C10H13ClN2O3S/c11-9-6-8(2-5-12-9)17(15,16)13-7-10(14)3-1-4-10/h2,5-6,13-14H,1,3-4,7H2. The molecule has 1 saturated carbocycles. The maximum absolute atomic E-state index is 11.9. The molecule has 2 rings (SSSR count). The highest BCUT2D eigenvalue weighted by atomic mass is 35.5. The average molecular weight is 277 g/mol. The van der Waals surface area contributed by atoms with Gasteiger partial charge in [-0.15, -0.1) is 0 Å². The normalized spacial score (nSPS) is 18.7. The van der Waals surface area contributed by atoms with E-state index in [4.69, 9.17) is 11.6 Å². The van der Waals surface area contributed by atoms with E-state index in [2.05, 4.69) is 9.71 Å². The van der Waals surface area contributed by atoms with Crippen LogP contribution in [0.25, 0.3) is 0 Å². The van der Waals surface area contributed by atoms with E-state index in [1.54, 1.807) is 0 Å². The van der Waals surface area contributed by atoms with Crippen molar-refractivity contribution in [3.8, 4) is 0 Å². The van der Waals surface area contributed by atoms with Crippen molar-refractivity contribution in [2.24, 2.45) is 0 Å². The minimum absolute atomic E-state index is 0.0370.